The van der Waals surface area contributed by atoms with Crippen LogP contribution in [-0.2, 0) is 7.05 Å². The van der Waals surface area contributed by atoms with E-state index in [1.54, 1.807) is 17.9 Å². The average molecular weight is 347 g/mol. The van der Waals surface area contributed by atoms with Gasteiger partial charge in [0.25, 0.3) is 6.43 Å². The quantitative estimate of drug-likeness (QED) is 0.606. The fourth-order valence-electron chi connectivity index (χ4n) is 2.43. The largest absolute Gasteiger partial charge is 0.364 e. The summed E-state index contributed by atoms with van der Waals surface area (Å²) in [6.07, 6.45) is -0.938. The van der Waals surface area contributed by atoms with Gasteiger partial charge in [-0.05, 0) is 5.56 Å². The van der Waals surface area contributed by atoms with Crippen molar-refractivity contribution in [3.63, 3.8) is 0 Å². The zero-order valence-corrected chi connectivity index (χ0v) is 13.7. The van der Waals surface area contributed by atoms with Crippen LogP contribution in [0.4, 0.5) is 20.5 Å². The van der Waals surface area contributed by atoms with Crippen molar-refractivity contribution in [3.05, 3.63) is 42.1 Å². The first-order chi connectivity index (χ1) is 12.0. The molecule has 4 N–H and O–H groups in total. The van der Waals surface area contributed by atoms with Crippen LogP contribution in [0.1, 0.15) is 11.6 Å². The number of nitrogens with two attached hydrogens (primary N) is 1. The molecular weight excluding hydrogens is 328 g/mol. The van der Waals surface area contributed by atoms with Crippen LogP contribution in [0, 0.1) is 0 Å². The van der Waals surface area contributed by atoms with E-state index in [9.17, 15) is 8.78 Å². The number of anilines is 2. The zero-order valence-electron chi connectivity index (χ0n) is 13.7. The Bertz CT molecular complexity index is 835. The molecule has 2 aromatic heterocycles. The smallest absolute Gasteiger partial charge is 0.255 e. The molecular formula is C16H19F2N7. The lowest BCUT2D eigenvalue weighted by Gasteiger charge is -2.14. The summed E-state index contributed by atoms with van der Waals surface area (Å²) in [5.74, 6) is 0.619. The second-order valence-electron chi connectivity index (χ2n) is 5.57. The molecule has 9 heteroatoms. The lowest BCUT2D eigenvalue weighted by atomic mass is 10.1. The van der Waals surface area contributed by atoms with Gasteiger partial charge >= 0.3 is 0 Å². The molecule has 3 rings (SSSR count). The van der Waals surface area contributed by atoms with Gasteiger partial charge in [-0.25, -0.2) is 8.78 Å². The molecule has 2 heterocycles. The maximum absolute atomic E-state index is 12.5. The van der Waals surface area contributed by atoms with Crippen LogP contribution in [0.25, 0.3) is 11.0 Å². The van der Waals surface area contributed by atoms with Gasteiger partial charge in [0, 0.05) is 19.6 Å². The van der Waals surface area contributed by atoms with Crippen molar-refractivity contribution in [1.29, 1.82) is 0 Å². The van der Waals surface area contributed by atoms with E-state index in [2.05, 4.69) is 25.7 Å². The van der Waals surface area contributed by atoms with Crippen molar-refractivity contribution in [2.24, 2.45) is 12.8 Å². The number of halogens is 2. The van der Waals surface area contributed by atoms with Crippen LogP contribution < -0.4 is 16.4 Å². The number of hydrogen-bond donors (Lipinski definition) is 3. The van der Waals surface area contributed by atoms with Crippen LogP contribution in [-0.4, -0.2) is 39.3 Å². The summed E-state index contributed by atoms with van der Waals surface area (Å²) in [5.41, 5.74) is 7.67. The minimum atomic E-state index is -2.48. The summed E-state index contributed by atoms with van der Waals surface area (Å²) >= 11 is 0. The molecule has 1 aromatic carbocycles. The van der Waals surface area contributed by atoms with Crippen molar-refractivity contribution in [1.82, 2.24) is 19.7 Å². The molecule has 0 aliphatic carbocycles. The number of aryl methyl sites for hydroxylation is 1. The van der Waals surface area contributed by atoms with Crippen LogP contribution in [0.15, 0.2) is 36.5 Å². The first-order valence-electron chi connectivity index (χ1n) is 7.80. The Morgan fingerprint density at radius 1 is 1.12 bits per heavy atom. The van der Waals surface area contributed by atoms with E-state index in [1.165, 1.54) is 0 Å². The second kappa shape index (κ2) is 7.39. The fourth-order valence-corrected chi connectivity index (χ4v) is 2.43. The van der Waals surface area contributed by atoms with E-state index in [0.29, 0.717) is 29.3 Å². The Kier molecular flexibility index (Phi) is 5.03. The van der Waals surface area contributed by atoms with Gasteiger partial charge in [0.15, 0.2) is 5.65 Å². The van der Waals surface area contributed by atoms with E-state index < -0.39 is 13.0 Å². The number of fused-ring (bicyclic) bond motifs is 1. The second-order valence-corrected chi connectivity index (χ2v) is 5.57. The van der Waals surface area contributed by atoms with E-state index >= 15 is 0 Å². The van der Waals surface area contributed by atoms with Gasteiger partial charge < -0.3 is 16.4 Å². The highest BCUT2D eigenvalue weighted by molar-refractivity contribution is 5.87. The molecule has 7 nitrogen and oxygen atoms in total. The number of aromatic nitrogens is 4. The Morgan fingerprint density at radius 3 is 2.60 bits per heavy atom. The minimum absolute atomic E-state index is 0.246. The Morgan fingerprint density at radius 2 is 1.88 bits per heavy atom. The highest BCUT2D eigenvalue weighted by Gasteiger charge is 2.14. The third-order valence-corrected chi connectivity index (χ3v) is 3.72. The molecule has 0 saturated carbocycles. The molecule has 0 amide bonds. The first-order valence-corrected chi connectivity index (χ1v) is 7.80. The topological polar surface area (TPSA) is 93.7 Å². The van der Waals surface area contributed by atoms with E-state index in [4.69, 9.17) is 5.73 Å². The van der Waals surface area contributed by atoms with Gasteiger partial charge in [0.1, 0.15) is 5.82 Å². The summed E-state index contributed by atoms with van der Waals surface area (Å²) in [7, 11) is 1.73. The van der Waals surface area contributed by atoms with Crippen molar-refractivity contribution in [3.8, 4) is 0 Å². The molecule has 0 fully saturated rings. The lowest BCUT2D eigenvalue weighted by molar-refractivity contribution is 0.163. The lowest BCUT2D eigenvalue weighted by Crippen LogP contribution is -2.22. The van der Waals surface area contributed by atoms with Crippen molar-refractivity contribution < 1.29 is 8.78 Å². The summed E-state index contributed by atoms with van der Waals surface area (Å²) < 4.78 is 26.6. The van der Waals surface area contributed by atoms with Gasteiger partial charge in [0.05, 0.1) is 18.1 Å². The van der Waals surface area contributed by atoms with Gasteiger partial charge in [-0.2, -0.15) is 15.1 Å². The predicted octanol–water partition coefficient (Wildman–Crippen LogP) is 2.15. The van der Waals surface area contributed by atoms with Gasteiger partial charge in [0.2, 0.25) is 5.95 Å². The molecule has 0 spiro atoms. The van der Waals surface area contributed by atoms with Crippen molar-refractivity contribution in [2.75, 3.05) is 23.7 Å². The highest BCUT2D eigenvalue weighted by atomic mass is 19.3. The van der Waals surface area contributed by atoms with Crippen LogP contribution in [0.5, 0.6) is 0 Å². The monoisotopic (exact) mass is 347 g/mol. The standard InChI is InChI=1S/C16H19F2N7/c1-25-15-11(7-22-25)14(20-9-13(17)18)23-16(24-15)21-8-12(19)10-5-3-2-4-6-10/h2-7,12-13H,8-9,19H2,1H3,(H2,20,21,23,24). The SMILES string of the molecule is Cn1ncc2c(NCC(F)F)nc(NCC(N)c3ccccc3)nc21. The van der Waals surface area contributed by atoms with Crippen LogP contribution >= 0.6 is 0 Å². The van der Waals surface area contributed by atoms with Gasteiger partial charge in [-0.15, -0.1) is 0 Å². The molecule has 1 unspecified atom stereocenters. The molecule has 0 bridgehead atoms. The Balaban J connectivity index is 1.79. The zero-order chi connectivity index (χ0) is 17.8. The number of rotatable bonds is 7. The van der Waals surface area contributed by atoms with Gasteiger partial charge in [-0.3, -0.25) is 4.68 Å². The molecule has 0 radical (unpaired) electrons. The van der Waals surface area contributed by atoms with Crippen LogP contribution in [0.3, 0.4) is 0 Å². The molecule has 1 atom stereocenters. The summed E-state index contributed by atoms with van der Waals surface area (Å²) in [6.45, 7) is -0.0916. The van der Waals surface area contributed by atoms with Crippen molar-refractivity contribution >= 4 is 22.8 Å². The summed E-state index contributed by atoms with van der Waals surface area (Å²) in [4.78, 5) is 8.66. The normalized spacial score (nSPS) is 12.5. The Hall–Kier alpha value is -2.81. The maximum atomic E-state index is 12.5. The summed E-state index contributed by atoms with van der Waals surface area (Å²) in [5, 5.41) is 10.4. The third-order valence-electron chi connectivity index (χ3n) is 3.72. The molecule has 0 aliphatic rings. The number of nitrogens with one attached hydrogen (secondary N) is 2. The first kappa shape index (κ1) is 17.0. The number of benzene rings is 1. The number of alkyl halides is 2. The molecule has 132 valence electrons. The predicted molar refractivity (Wildman–Crippen MR) is 92.7 cm³/mol. The van der Waals surface area contributed by atoms with Gasteiger partial charge in [-0.1, -0.05) is 30.3 Å². The average Bonchev–Trinajstić information content (AvgIpc) is 2.99. The van der Waals surface area contributed by atoms with E-state index in [-0.39, 0.29) is 6.04 Å². The third kappa shape index (κ3) is 4.00. The Labute approximate surface area is 143 Å². The molecule has 0 aliphatic heterocycles. The van der Waals surface area contributed by atoms with E-state index in [0.717, 1.165) is 5.56 Å². The maximum Gasteiger partial charge on any atom is 0.255 e. The van der Waals surface area contributed by atoms with E-state index in [1.807, 2.05) is 30.3 Å². The highest BCUT2D eigenvalue weighted by Crippen LogP contribution is 2.22. The van der Waals surface area contributed by atoms with Crippen LogP contribution in [0.2, 0.25) is 0 Å². The minimum Gasteiger partial charge on any atom is -0.364 e. The fraction of sp³-hybridized carbons (Fsp3) is 0.312. The van der Waals surface area contributed by atoms with Crippen molar-refractivity contribution in [2.45, 2.75) is 12.5 Å². The number of hydrogen-bond acceptors (Lipinski definition) is 6. The summed E-state index contributed by atoms with van der Waals surface area (Å²) in [6, 6.07) is 9.38. The molecule has 3 aromatic rings. The molecule has 25 heavy (non-hydrogen) atoms. The number of nitrogens with zero attached hydrogens (tertiary/aromatic N) is 4. The molecule has 0 saturated heterocycles.